The zero-order valence-corrected chi connectivity index (χ0v) is 11.9. The number of aliphatic hydroxyl groups is 1. The van der Waals surface area contributed by atoms with E-state index >= 15 is 0 Å². The van der Waals surface area contributed by atoms with E-state index in [1.165, 1.54) is 0 Å². The predicted octanol–water partition coefficient (Wildman–Crippen LogP) is 2.56. The van der Waals surface area contributed by atoms with Gasteiger partial charge in [-0.2, -0.15) is 0 Å². The molecule has 1 fully saturated rings. The van der Waals surface area contributed by atoms with E-state index in [0.717, 1.165) is 43.9 Å². The molecule has 2 N–H and O–H groups in total. The van der Waals surface area contributed by atoms with E-state index < -0.39 is 11.6 Å². The van der Waals surface area contributed by atoms with Crippen molar-refractivity contribution in [3.8, 4) is 0 Å². The van der Waals surface area contributed by atoms with E-state index in [-0.39, 0.29) is 42.9 Å². The first-order valence-electron chi connectivity index (χ1n) is 7.44. The predicted molar refractivity (Wildman–Crippen MR) is 75.7 cm³/mol. The van der Waals surface area contributed by atoms with Crippen LogP contribution in [0.25, 0.3) is 0 Å². The van der Waals surface area contributed by atoms with Crippen LogP contribution in [-0.4, -0.2) is 23.7 Å². The fourth-order valence-electron chi connectivity index (χ4n) is 2.88. The molecule has 1 aromatic rings. The monoisotopic (exact) mass is 297 g/mol. The molecular weight excluding hydrogens is 276 g/mol. The lowest BCUT2D eigenvalue weighted by atomic mass is 9.85. The Bertz CT molecular complexity index is 493. The van der Waals surface area contributed by atoms with Crippen molar-refractivity contribution in [1.29, 1.82) is 0 Å². The van der Waals surface area contributed by atoms with Gasteiger partial charge >= 0.3 is 0 Å². The van der Waals surface area contributed by atoms with Gasteiger partial charge in [0.15, 0.2) is 0 Å². The summed E-state index contributed by atoms with van der Waals surface area (Å²) < 4.78 is 26.5. The zero-order chi connectivity index (χ0) is 15.2. The molecule has 1 aliphatic rings. The van der Waals surface area contributed by atoms with Crippen LogP contribution in [-0.2, 0) is 11.2 Å². The van der Waals surface area contributed by atoms with Crippen molar-refractivity contribution in [2.45, 2.75) is 44.6 Å². The molecule has 0 spiro atoms. The van der Waals surface area contributed by atoms with Gasteiger partial charge in [-0.1, -0.05) is 12.8 Å². The zero-order valence-electron chi connectivity index (χ0n) is 11.9. The Labute approximate surface area is 123 Å². The highest BCUT2D eigenvalue weighted by Gasteiger charge is 2.25. The molecule has 1 aliphatic carbocycles. The minimum Gasteiger partial charge on any atom is -0.396 e. The van der Waals surface area contributed by atoms with E-state index in [4.69, 9.17) is 0 Å². The minimum absolute atomic E-state index is 0.00592. The van der Waals surface area contributed by atoms with Crippen LogP contribution in [0, 0.1) is 17.6 Å². The molecular formula is C16H21F2NO2. The first kappa shape index (κ1) is 15.9. The number of carbonyl (C=O) groups is 1. The van der Waals surface area contributed by atoms with Gasteiger partial charge < -0.3 is 10.4 Å². The van der Waals surface area contributed by atoms with Crippen LogP contribution in [0.5, 0.6) is 0 Å². The van der Waals surface area contributed by atoms with Crippen molar-refractivity contribution < 1.29 is 18.7 Å². The second kappa shape index (κ2) is 7.50. The Morgan fingerprint density at radius 1 is 1.29 bits per heavy atom. The largest absolute Gasteiger partial charge is 0.396 e. The van der Waals surface area contributed by atoms with Crippen molar-refractivity contribution in [2.75, 3.05) is 6.61 Å². The molecule has 0 aromatic heterocycles. The standard InChI is InChI=1S/C16H21F2NO2/c17-13-6-7-14(18)11(9-13)5-8-16(21)19-15-4-2-1-3-12(15)10-20/h6-7,9,12,15,20H,1-5,8,10H2,(H,19,21). The lowest BCUT2D eigenvalue weighted by Gasteiger charge is -2.30. The molecule has 1 saturated carbocycles. The summed E-state index contributed by atoms with van der Waals surface area (Å²) in [4.78, 5) is 11.9. The highest BCUT2D eigenvalue weighted by Crippen LogP contribution is 2.24. The number of nitrogens with one attached hydrogen (secondary N) is 1. The van der Waals surface area contributed by atoms with Gasteiger partial charge in [-0.05, 0) is 43.0 Å². The molecule has 0 aliphatic heterocycles. The maximum Gasteiger partial charge on any atom is 0.220 e. The minimum atomic E-state index is -0.501. The van der Waals surface area contributed by atoms with E-state index in [1.807, 2.05) is 0 Å². The summed E-state index contributed by atoms with van der Waals surface area (Å²) >= 11 is 0. The number of amides is 1. The third-order valence-corrected chi connectivity index (χ3v) is 4.12. The molecule has 0 saturated heterocycles. The average molecular weight is 297 g/mol. The highest BCUT2D eigenvalue weighted by molar-refractivity contribution is 5.76. The van der Waals surface area contributed by atoms with Crippen LogP contribution in [0.3, 0.4) is 0 Å². The Hall–Kier alpha value is -1.49. The number of aliphatic hydroxyl groups excluding tert-OH is 1. The van der Waals surface area contributed by atoms with Gasteiger partial charge in [0, 0.05) is 25.0 Å². The van der Waals surface area contributed by atoms with E-state index in [1.54, 1.807) is 0 Å². The lowest BCUT2D eigenvalue weighted by Crippen LogP contribution is -2.43. The third kappa shape index (κ3) is 4.49. The summed E-state index contributed by atoms with van der Waals surface area (Å²) in [5.74, 6) is -1.06. The smallest absolute Gasteiger partial charge is 0.220 e. The fraction of sp³-hybridized carbons (Fsp3) is 0.562. The number of carbonyl (C=O) groups excluding carboxylic acids is 1. The van der Waals surface area contributed by atoms with Crippen molar-refractivity contribution in [3.05, 3.63) is 35.4 Å². The molecule has 0 heterocycles. The molecule has 1 aromatic carbocycles. The van der Waals surface area contributed by atoms with Gasteiger partial charge in [0.25, 0.3) is 0 Å². The summed E-state index contributed by atoms with van der Waals surface area (Å²) in [6, 6.07) is 3.26. The highest BCUT2D eigenvalue weighted by atomic mass is 19.1. The van der Waals surface area contributed by atoms with Gasteiger partial charge in [-0.3, -0.25) is 4.79 Å². The fourth-order valence-corrected chi connectivity index (χ4v) is 2.88. The number of benzene rings is 1. The van der Waals surface area contributed by atoms with Crippen molar-refractivity contribution in [1.82, 2.24) is 5.32 Å². The van der Waals surface area contributed by atoms with Crippen molar-refractivity contribution in [3.63, 3.8) is 0 Å². The summed E-state index contributed by atoms with van der Waals surface area (Å²) in [5, 5.41) is 12.2. The van der Waals surface area contributed by atoms with Crippen molar-refractivity contribution in [2.24, 2.45) is 5.92 Å². The Kier molecular flexibility index (Phi) is 5.67. The molecule has 0 radical (unpaired) electrons. The second-order valence-electron chi connectivity index (χ2n) is 5.64. The summed E-state index contributed by atoms with van der Waals surface area (Å²) in [6.07, 6.45) is 4.19. The normalized spacial score (nSPS) is 22.0. The number of rotatable bonds is 5. The molecule has 116 valence electrons. The topological polar surface area (TPSA) is 49.3 Å². The molecule has 0 bridgehead atoms. The number of hydrogen-bond acceptors (Lipinski definition) is 2. The van der Waals surface area contributed by atoms with Crippen LogP contribution in [0.1, 0.15) is 37.7 Å². The lowest BCUT2D eigenvalue weighted by molar-refractivity contribution is -0.122. The molecule has 21 heavy (non-hydrogen) atoms. The SMILES string of the molecule is O=C(CCc1cc(F)ccc1F)NC1CCCCC1CO. The van der Waals surface area contributed by atoms with Gasteiger partial charge in [-0.15, -0.1) is 0 Å². The first-order chi connectivity index (χ1) is 10.1. The molecule has 2 atom stereocenters. The Morgan fingerprint density at radius 2 is 2.05 bits per heavy atom. The first-order valence-corrected chi connectivity index (χ1v) is 7.44. The molecule has 2 unspecified atom stereocenters. The van der Waals surface area contributed by atoms with Gasteiger partial charge in [0.1, 0.15) is 11.6 Å². The summed E-state index contributed by atoms with van der Waals surface area (Å²) in [7, 11) is 0. The quantitative estimate of drug-likeness (QED) is 0.877. The van der Waals surface area contributed by atoms with E-state index in [0.29, 0.717) is 0 Å². The Morgan fingerprint density at radius 3 is 2.81 bits per heavy atom. The molecule has 1 amide bonds. The molecule has 5 heteroatoms. The number of halogens is 2. The third-order valence-electron chi connectivity index (χ3n) is 4.12. The maximum absolute atomic E-state index is 13.5. The van der Waals surface area contributed by atoms with Crippen LogP contribution in [0.15, 0.2) is 18.2 Å². The van der Waals surface area contributed by atoms with Gasteiger partial charge in [0.05, 0.1) is 0 Å². The molecule has 3 nitrogen and oxygen atoms in total. The number of hydrogen-bond donors (Lipinski definition) is 2. The van der Waals surface area contributed by atoms with Crippen molar-refractivity contribution >= 4 is 5.91 Å². The maximum atomic E-state index is 13.5. The number of aryl methyl sites for hydroxylation is 1. The Balaban J connectivity index is 1.85. The summed E-state index contributed by atoms with van der Waals surface area (Å²) in [6.45, 7) is 0.0729. The van der Waals surface area contributed by atoms with E-state index in [2.05, 4.69) is 5.32 Å². The van der Waals surface area contributed by atoms with Crippen LogP contribution in [0.4, 0.5) is 8.78 Å². The molecule has 2 rings (SSSR count). The van der Waals surface area contributed by atoms with Crippen LogP contribution >= 0.6 is 0 Å². The van der Waals surface area contributed by atoms with Crippen LogP contribution < -0.4 is 5.32 Å². The van der Waals surface area contributed by atoms with Gasteiger partial charge in [0.2, 0.25) is 5.91 Å². The average Bonchev–Trinajstić information content (AvgIpc) is 2.49. The van der Waals surface area contributed by atoms with Crippen LogP contribution in [0.2, 0.25) is 0 Å². The van der Waals surface area contributed by atoms with Gasteiger partial charge in [-0.25, -0.2) is 8.78 Å². The summed E-state index contributed by atoms with van der Waals surface area (Å²) in [5.41, 5.74) is 0.215. The van der Waals surface area contributed by atoms with E-state index in [9.17, 15) is 18.7 Å². The second-order valence-corrected chi connectivity index (χ2v) is 5.64.